The van der Waals surface area contributed by atoms with Gasteiger partial charge in [-0.2, -0.15) is 8.42 Å². The minimum absolute atomic E-state index is 0.0482. The SMILES string of the molecule is C#CC(C)(C)S(=O)(=O)OCC=C. The van der Waals surface area contributed by atoms with Crippen molar-refractivity contribution in [2.24, 2.45) is 0 Å². The standard InChI is InChI=1S/C8H12O3S/c1-5-7-11-12(9,10)8(3,4)6-2/h2,5H,1,7H2,3-4H3. The van der Waals surface area contributed by atoms with Gasteiger partial charge in [0.1, 0.15) is 0 Å². The van der Waals surface area contributed by atoms with Gasteiger partial charge in [0.2, 0.25) is 0 Å². The maximum absolute atomic E-state index is 11.2. The zero-order chi connectivity index (χ0) is 9.83. The quantitative estimate of drug-likeness (QED) is 0.374. The Morgan fingerprint density at radius 3 is 2.50 bits per heavy atom. The number of hydrogen-bond donors (Lipinski definition) is 0. The minimum atomic E-state index is -3.68. The highest BCUT2D eigenvalue weighted by atomic mass is 32.2. The Morgan fingerprint density at radius 2 is 2.17 bits per heavy atom. The van der Waals surface area contributed by atoms with Crippen LogP contribution < -0.4 is 0 Å². The molecule has 3 nitrogen and oxygen atoms in total. The topological polar surface area (TPSA) is 43.4 Å². The molecule has 0 aromatic heterocycles. The fourth-order valence-corrected chi connectivity index (χ4v) is 1.07. The third kappa shape index (κ3) is 2.36. The van der Waals surface area contributed by atoms with E-state index in [-0.39, 0.29) is 6.61 Å². The van der Waals surface area contributed by atoms with Gasteiger partial charge in [-0.1, -0.05) is 12.0 Å². The van der Waals surface area contributed by atoms with Gasteiger partial charge < -0.3 is 0 Å². The molecule has 0 aliphatic heterocycles. The molecule has 0 radical (unpaired) electrons. The lowest BCUT2D eigenvalue weighted by atomic mass is 10.2. The summed E-state index contributed by atoms with van der Waals surface area (Å²) in [4.78, 5) is 0. The first-order valence-corrected chi connectivity index (χ1v) is 4.76. The van der Waals surface area contributed by atoms with Crippen LogP contribution in [0.5, 0.6) is 0 Å². The Hall–Kier alpha value is -0.790. The molecule has 4 heteroatoms. The van der Waals surface area contributed by atoms with Gasteiger partial charge in [-0.15, -0.1) is 13.0 Å². The van der Waals surface area contributed by atoms with Crippen molar-refractivity contribution < 1.29 is 12.6 Å². The Balaban J connectivity index is 4.65. The van der Waals surface area contributed by atoms with Crippen LogP contribution in [0, 0.1) is 12.3 Å². The van der Waals surface area contributed by atoms with Gasteiger partial charge >= 0.3 is 0 Å². The highest BCUT2D eigenvalue weighted by Gasteiger charge is 2.32. The van der Waals surface area contributed by atoms with Gasteiger partial charge in [-0.25, -0.2) is 0 Å². The highest BCUT2D eigenvalue weighted by molar-refractivity contribution is 7.88. The van der Waals surface area contributed by atoms with Crippen molar-refractivity contribution in [1.29, 1.82) is 0 Å². The molecule has 0 fully saturated rings. The van der Waals surface area contributed by atoms with Crippen LogP contribution in [0.1, 0.15) is 13.8 Å². The zero-order valence-corrected chi connectivity index (χ0v) is 8.02. The van der Waals surface area contributed by atoms with E-state index in [1.54, 1.807) is 0 Å². The van der Waals surface area contributed by atoms with Crippen molar-refractivity contribution in [3.8, 4) is 12.3 Å². The van der Waals surface area contributed by atoms with Crippen LogP contribution in [-0.4, -0.2) is 19.8 Å². The molecule has 0 aliphatic carbocycles. The van der Waals surface area contributed by atoms with E-state index in [1.165, 1.54) is 19.9 Å². The van der Waals surface area contributed by atoms with Crippen molar-refractivity contribution >= 4 is 10.1 Å². The van der Waals surface area contributed by atoms with Crippen LogP contribution >= 0.6 is 0 Å². The molecule has 0 aromatic carbocycles. The third-order valence-electron chi connectivity index (χ3n) is 1.31. The van der Waals surface area contributed by atoms with Crippen molar-refractivity contribution in [3.63, 3.8) is 0 Å². The lowest BCUT2D eigenvalue weighted by Crippen LogP contribution is -2.31. The van der Waals surface area contributed by atoms with Crippen molar-refractivity contribution in [2.75, 3.05) is 6.61 Å². The van der Waals surface area contributed by atoms with Crippen LogP contribution in [-0.2, 0) is 14.3 Å². The molecule has 68 valence electrons. The Bertz CT molecular complexity index is 293. The predicted octanol–water partition coefficient (Wildman–Crippen LogP) is 0.931. The Labute approximate surface area is 73.6 Å². The normalized spacial score (nSPS) is 12.1. The maximum atomic E-state index is 11.2. The summed E-state index contributed by atoms with van der Waals surface area (Å²) >= 11 is 0. The molecule has 0 bridgehead atoms. The highest BCUT2D eigenvalue weighted by Crippen LogP contribution is 2.16. The molecule has 0 N–H and O–H groups in total. The molecule has 0 unspecified atom stereocenters. The summed E-state index contributed by atoms with van der Waals surface area (Å²) in [7, 11) is -3.68. The summed E-state index contributed by atoms with van der Waals surface area (Å²) in [5, 5.41) is 0. The molecule has 0 saturated heterocycles. The average Bonchev–Trinajstić information content (AvgIpc) is 2.00. The fraction of sp³-hybridized carbons (Fsp3) is 0.500. The summed E-state index contributed by atoms with van der Waals surface area (Å²) < 4.78 is 25.7. The molecule has 0 atom stereocenters. The molecule has 0 amide bonds. The zero-order valence-electron chi connectivity index (χ0n) is 7.20. The van der Waals surface area contributed by atoms with Crippen LogP contribution in [0.3, 0.4) is 0 Å². The van der Waals surface area contributed by atoms with Crippen molar-refractivity contribution in [2.45, 2.75) is 18.6 Å². The summed E-state index contributed by atoms with van der Waals surface area (Å²) in [5.41, 5.74) is 0. The molecule has 0 aromatic rings. The smallest absolute Gasteiger partial charge is 0.265 e. The largest absolute Gasteiger partial charge is 0.284 e. The van der Waals surface area contributed by atoms with E-state index >= 15 is 0 Å². The van der Waals surface area contributed by atoms with E-state index < -0.39 is 14.9 Å². The van der Waals surface area contributed by atoms with Crippen LogP contribution in [0.4, 0.5) is 0 Å². The van der Waals surface area contributed by atoms with Gasteiger partial charge in [-0.3, -0.25) is 4.18 Å². The van der Waals surface area contributed by atoms with Gasteiger partial charge in [0, 0.05) is 0 Å². The second-order valence-electron chi connectivity index (χ2n) is 2.68. The molecule has 0 spiro atoms. The van der Waals surface area contributed by atoms with E-state index in [9.17, 15) is 8.42 Å². The lowest BCUT2D eigenvalue weighted by molar-refractivity contribution is 0.345. The molecule has 0 heterocycles. The second kappa shape index (κ2) is 3.74. The summed E-state index contributed by atoms with van der Waals surface area (Å²) in [5.74, 6) is 2.14. The monoisotopic (exact) mass is 188 g/mol. The van der Waals surface area contributed by atoms with Crippen LogP contribution in [0.25, 0.3) is 0 Å². The summed E-state index contributed by atoms with van der Waals surface area (Å²) in [6.07, 6.45) is 6.38. The Morgan fingerprint density at radius 1 is 1.67 bits per heavy atom. The summed E-state index contributed by atoms with van der Waals surface area (Å²) in [6.45, 7) is 6.10. The molecule has 0 aliphatic rings. The van der Waals surface area contributed by atoms with Crippen LogP contribution in [0.15, 0.2) is 12.7 Å². The van der Waals surface area contributed by atoms with Gasteiger partial charge in [0.05, 0.1) is 6.61 Å². The first-order chi connectivity index (χ1) is 5.37. The van der Waals surface area contributed by atoms with Crippen molar-refractivity contribution in [3.05, 3.63) is 12.7 Å². The van der Waals surface area contributed by atoms with E-state index in [0.29, 0.717) is 0 Å². The average molecular weight is 188 g/mol. The Kier molecular flexibility index (Phi) is 3.50. The number of rotatable bonds is 4. The van der Waals surface area contributed by atoms with Gasteiger partial charge in [-0.05, 0) is 13.8 Å². The van der Waals surface area contributed by atoms with Gasteiger partial charge in [0.15, 0.2) is 4.75 Å². The maximum Gasteiger partial charge on any atom is 0.284 e. The number of terminal acetylenes is 1. The molecule has 0 saturated carbocycles. The predicted molar refractivity (Wildman–Crippen MR) is 48.0 cm³/mol. The van der Waals surface area contributed by atoms with E-state index in [4.69, 9.17) is 6.42 Å². The minimum Gasteiger partial charge on any atom is -0.265 e. The molecule has 12 heavy (non-hydrogen) atoms. The van der Waals surface area contributed by atoms with E-state index in [2.05, 4.69) is 16.7 Å². The molecular formula is C8H12O3S. The number of hydrogen-bond acceptors (Lipinski definition) is 3. The second-order valence-corrected chi connectivity index (χ2v) is 4.85. The van der Waals surface area contributed by atoms with Crippen LogP contribution in [0.2, 0.25) is 0 Å². The van der Waals surface area contributed by atoms with E-state index in [0.717, 1.165) is 0 Å². The third-order valence-corrected chi connectivity index (χ3v) is 3.13. The molecule has 0 rings (SSSR count). The first kappa shape index (κ1) is 11.2. The van der Waals surface area contributed by atoms with Crippen molar-refractivity contribution in [1.82, 2.24) is 0 Å². The molecular weight excluding hydrogens is 176 g/mol. The van der Waals surface area contributed by atoms with Gasteiger partial charge in [0.25, 0.3) is 10.1 Å². The fourth-order valence-electron chi connectivity index (χ4n) is 0.357. The first-order valence-electron chi connectivity index (χ1n) is 3.35. The van der Waals surface area contributed by atoms with E-state index in [1.807, 2.05) is 0 Å². The lowest BCUT2D eigenvalue weighted by Gasteiger charge is -2.16. The summed E-state index contributed by atoms with van der Waals surface area (Å²) in [6, 6.07) is 0.